The van der Waals surface area contributed by atoms with Crippen LogP contribution in [0.5, 0.6) is 0 Å². The first-order valence-corrected chi connectivity index (χ1v) is 8.86. The van der Waals surface area contributed by atoms with Crippen molar-refractivity contribution < 1.29 is 0 Å². The molecule has 1 aliphatic heterocycles. The van der Waals surface area contributed by atoms with Crippen LogP contribution in [-0.2, 0) is 19.5 Å². The van der Waals surface area contributed by atoms with Gasteiger partial charge in [0.2, 0.25) is 0 Å². The van der Waals surface area contributed by atoms with Crippen LogP contribution >= 0.6 is 11.3 Å². The van der Waals surface area contributed by atoms with Crippen LogP contribution in [0.2, 0.25) is 0 Å². The van der Waals surface area contributed by atoms with Crippen LogP contribution in [0, 0.1) is 6.92 Å². The van der Waals surface area contributed by atoms with E-state index in [1.165, 1.54) is 10.4 Å². The van der Waals surface area contributed by atoms with E-state index in [4.69, 9.17) is 0 Å². The first kappa shape index (κ1) is 15.2. The molecule has 0 fully saturated rings. The van der Waals surface area contributed by atoms with Crippen LogP contribution in [0.25, 0.3) is 11.4 Å². The zero-order chi connectivity index (χ0) is 16.5. The summed E-state index contributed by atoms with van der Waals surface area (Å²) in [6.07, 6.45) is 4.22. The highest BCUT2D eigenvalue weighted by Gasteiger charge is 2.22. The highest BCUT2D eigenvalue weighted by molar-refractivity contribution is 7.10. The third kappa shape index (κ3) is 2.90. The Kier molecular flexibility index (Phi) is 4.00. The zero-order valence-corrected chi connectivity index (χ0v) is 14.3. The van der Waals surface area contributed by atoms with Crippen molar-refractivity contribution in [1.29, 1.82) is 0 Å². The fraction of sp³-hybridized carbons (Fsp3) is 0.278. The Hall–Kier alpha value is -2.31. The van der Waals surface area contributed by atoms with Gasteiger partial charge < -0.3 is 4.98 Å². The number of rotatable bonds is 3. The van der Waals surface area contributed by atoms with E-state index in [9.17, 15) is 4.79 Å². The lowest BCUT2D eigenvalue weighted by Crippen LogP contribution is -2.35. The Morgan fingerprint density at radius 3 is 2.88 bits per heavy atom. The van der Waals surface area contributed by atoms with Gasteiger partial charge in [-0.1, -0.05) is 0 Å². The summed E-state index contributed by atoms with van der Waals surface area (Å²) in [6, 6.07) is 5.87. The minimum atomic E-state index is -0.0283. The molecule has 6 heteroatoms. The highest BCUT2D eigenvalue weighted by atomic mass is 32.1. The Balaban J connectivity index is 1.61. The van der Waals surface area contributed by atoms with Crippen molar-refractivity contribution in [2.24, 2.45) is 0 Å². The first-order valence-electron chi connectivity index (χ1n) is 7.98. The molecule has 0 saturated heterocycles. The average molecular weight is 338 g/mol. The van der Waals surface area contributed by atoms with Crippen LogP contribution in [-0.4, -0.2) is 26.4 Å². The van der Waals surface area contributed by atoms with Crippen molar-refractivity contribution in [1.82, 2.24) is 19.9 Å². The molecule has 0 spiro atoms. The number of thiophene rings is 1. The number of pyridine rings is 1. The lowest BCUT2D eigenvalue weighted by molar-refractivity contribution is 0.243. The summed E-state index contributed by atoms with van der Waals surface area (Å²) in [5, 5.41) is 2.12. The van der Waals surface area contributed by atoms with E-state index in [0.717, 1.165) is 36.3 Å². The van der Waals surface area contributed by atoms with Crippen LogP contribution < -0.4 is 5.56 Å². The van der Waals surface area contributed by atoms with Gasteiger partial charge in [-0.15, -0.1) is 11.3 Å². The lowest BCUT2D eigenvalue weighted by Gasteiger charge is -2.27. The predicted octanol–water partition coefficient (Wildman–Crippen LogP) is 2.76. The minimum Gasteiger partial charge on any atom is -0.306 e. The maximum absolute atomic E-state index is 12.5. The van der Waals surface area contributed by atoms with Gasteiger partial charge in [-0.3, -0.25) is 14.7 Å². The van der Waals surface area contributed by atoms with Gasteiger partial charge in [0.25, 0.3) is 5.56 Å². The number of hydrogen-bond acceptors (Lipinski definition) is 5. The number of fused-ring (bicyclic) bond motifs is 1. The second-order valence-corrected chi connectivity index (χ2v) is 7.06. The Morgan fingerprint density at radius 2 is 2.12 bits per heavy atom. The lowest BCUT2D eigenvalue weighted by atomic mass is 10.1. The smallest absolute Gasteiger partial charge is 0.255 e. The molecule has 122 valence electrons. The van der Waals surface area contributed by atoms with Crippen molar-refractivity contribution in [3.8, 4) is 11.4 Å². The van der Waals surface area contributed by atoms with Crippen molar-refractivity contribution in [3.63, 3.8) is 0 Å². The van der Waals surface area contributed by atoms with Gasteiger partial charge in [-0.25, -0.2) is 4.98 Å². The second kappa shape index (κ2) is 6.30. The van der Waals surface area contributed by atoms with Crippen molar-refractivity contribution in [2.75, 3.05) is 6.54 Å². The average Bonchev–Trinajstić information content (AvgIpc) is 3.01. The fourth-order valence-electron chi connectivity index (χ4n) is 3.03. The number of nitrogens with one attached hydrogen (secondary N) is 1. The highest BCUT2D eigenvalue weighted by Crippen LogP contribution is 2.22. The molecule has 1 N–H and O–H groups in total. The summed E-state index contributed by atoms with van der Waals surface area (Å²) >= 11 is 1.78. The maximum Gasteiger partial charge on any atom is 0.255 e. The number of aromatic amines is 1. The van der Waals surface area contributed by atoms with Crippen LogP contribution in [0.4, 0.5) is 0 Å². The molecule has 0 aromatic carbocycles. The number of nitrogens with zero attached hydrogens (tertiary/aromatic N) is 3. The van der Waals surface area contributed by atoms with E-state index >= 15 is 0 Å². The number of aryl methyl sites for hydroxylation is 1. The first-order chi connectivity index (χ1) is 11.7. The molecule has 0 radical (unpaired) electrons. The van der Waals surface area contributed by atoms with Crippen molar-refractivity contribution in [2.45, 2.75) is 26.4 Å². The van der Waals surface area contributed by atoms with Gasteiger partial charge >= 0.3 is 0 Å². The van der Waals surface area contributed by atoms with Gasteiger partial charge in [-0.2, -0.15) is 0 Å². The SMILES string of the molecule is Cc1ccsc1CN1CCc2nc(-c3ccncc3)[nH]c(=O)c2C1. The molecule has 0 unspecified atom stereocenters. The summed E-state index contributed by atoms with van der Waals surface area (Å²) in [5.41, 5.74) is 3.91. The number of hydrogen-bond donors (Lipinski definition) is 1. The molecule has 0 saturated carbocycles. The van der Waals surface area contributed by atoms with Crippen LogP contribution in [0.3, 0.4) is 0 Å². The topological polar surface area (TPSA) is 61.9 Å². The fourth-order valence-corrected chi connectivity index (χ4v) is 3.98. The second-order valence-electron chi connectivity index (χ2n) is 6.06. The van der Waals surface area contributed by atoms with Crippen LogP contribution in [0.15, 0.2) is 40.8 Å². The molecule has 3 aromatic heterocycles. The molecule has 4 heterocycles. The summed E-state index contributed by atoms with van der Waals surface area (Å²) in [6.45, 7) is 4.62. The predicted molar refractivity (Wildman–Crippen MR) is 95.0 cm³/mol. The Labute approximate surface area is 144 Å². The molecule has 3 aromatic rings. The van der Waals surface area contributed by atoms with Gasteiger partial charge in [0.15, 0.2) is 0 Å². The summed E-state index contributed by atoms with van der Waals surface area (Å²) in [7, 11) is 0. The molecule has 4 rings (SSSR count). The summed E-state index contributed by atoms with van der Waals surface area (Å²) in [4.78, 5) is 27.9. The molecule has 0 aliphatic carbocycles. The third-order valence-corrected chi connectivity index (χ3v) is 5.44. The van der Waals surface area contributed by atoms with E-state index in [-0.39, 0.29) is 5.56 Å². The van der Waals surface area contributed by atoms with E-state index in [1.807, 2.05) is 12.1 Å². The summed E-state index contributed by atoms with van der Waals surface area (Å²) in [5.74, 6) is 0.628. The van der Waals surface area contributed by atoms with Gasteiger partial charge in [0, 0.05) is 48.9 Å². The third-order valence-electron chi connectivity index (χ3n) is 4.44. The van der Waals surface area contributed by atoms with Crippen molar-refractivity contribution in [3.05, 3.63) is 68.0 Å². The molecule has 0 amide bonds. The largest absolute Gasteiger partial charge is 0.306 e. The quantitative estimate of drug-likeness (QED) is 0.798. The van der Waals surface area contributed by atoms with E-state index < -0.39 is 0 Å². The Morgan fingerprint density at radius 1 is 1.29 bits per heavy atom. The van der Waals surface area contributed by atoms with E-state index in [2.05, 4.69) is 38.2 Å². The number of H-pyrrole nitrogens is 1. The molecular formula is C18H18N4OS. The normalized spacial score (nSPS) is 14.5. The number of aromatic nitrogens is 3. The van der Waals surface area contributed by atoms with Crippen molar-refractivity contribution >= 4 is 11.3 Å². The molecule has 24 heavy (non-hydrogen) atoms. The van der Waals surface area contributed by atoms with Gasteiger partial charge in [0.05, 0.1) is 11.3 Å². The molecule has 0 atom stereocenters. The van der Waals surface area contributed by atoms with Crippen LogP contribution in [0.1, 0.15) is 21.7 Å². The molecular weight excluding hydrogens is 320 g/mol. The Bertz CT molecular complexity index is 916. The zero-order valence-electron chi connectivity index (χ0n) is 13.5. The maximum atomic E-state index is 12.5. The van der Waals surface area contributed by atoms with E-state index in [0.29, 0.717) is 12.4 Å². The van der Waals surface area contributed by atoms with E-state index in [1.54, 1.807) is 23.7 Å². The molecule has 1 aliphatic rings. The minimum absolute atomic E-state index is 0.0283. The monoisotopic (exact) mass is 338 g/mol. The standard InChI is InChI=1S/C18H18N4OS/c1-12-5-9-24-16(12)11-22-8-4-15-14(10-22)18(23)21-17(20-15)13-2-6-19-7-3-13/h2-3,5-7,9H,4,8,10-11H2,1H3,(H,20,21,23). The molecule has 0 bridgehead atoms. The van der Waals surface area contributed by atoms with Gasteiger partial charge in [-0.05, 0) is 36.1 Å². The van der Waals surface area contributed by atoms with Gasteiger partial charge in [0.1, 0.15) is 5.82 Å². The summed E-state index contributed by atoms with van der Waals surface area (Å²) < 4.78 is 0. The molecule has 5 nitrogen and oxygen atoms in total.